The van der Waals surface area contributed by atoms with Gasteiger partial charge in [-0.1, -0.05) is 6.07 Å². The molecule has 1 aromatic heterocycles. The highest BCUT2D eigenvalue weighted by Gasteiger charge is 2.34. The van der Waals surface area contributed by atoms with Crippen molar-refractivity contribution in [1.29, 1.82) is 0 Å². The van der Waals surface area contributed by atoms with Crippen LogP contribution in [0.15, 0.2) is 17.5 Å². The van der Waals surface area contributed by atoms with Crippen LogP contribution in [0.2, 0.25) is 0 Å². The van der Waals surface area contributed by atoms with E-state index >= 15 is 0 Å². The molecule has 0 amide bonds. The highest BCUT2D eigenvalue weighted by Crippen LogP contribution is 2.26. The summed E-state index contributed by atoms with van der Waals surface area (Å²) in [5, 5.41) is 2.12. The summed E-state index contributed by atoms with van der Waals surface area (Å²) in [6.45, 7) is 7.09. The standard InChI is InChI=1S/C14H23N3S/c1-11-8-16-6-2-4-12(16)9-17(11)10-13(15)14-5-3-7-18-14/h3,5,7,11-13H,2,4,6,8-10,15H2,1H3. The Balaban J connectivity index is 1.62. The lowest BCUT2D eigenvalue weighted by Crippen LogP contribution is -2.56. The summed E-state index contributed by atoms with van der Waals surface area (Å²) in [5.41, 5.74) is 6.32. The smallest absolute Gasteiger partial charge is 0.0519 e. The second-order valence-electron chi connectivity index (χ2n) is 5.72. The molecule has 3 rings (SSSR count). The minimum Gasteiger partial charge on any atom is -0.322 e. The van der Waals surface area contributed by atoms with Crippen LogP contribution in [-0.2, 0) is 0 Å². The summed E-state index contributed by atoms with van der Waals surface area (Å²) in [6, 6.07) is 5.87. The van der Waals surface area contributed by atoms with E-state index in [-0.39, 0.29) is 6.04 Å². The molecule has 0 radical (unpaired) electrons. The predicted molar refractivity (Wildman–Crippen MR) is 76.9 cm³/mol. The average Bonchev–Trinajstić information content (AvgIpc) is 2.98. The first-order chi connectivity index (χ1) is 8.74. The molecule has 3 atom stereocenters. The quantitative estimate of drug-likeness (QED) is 0.906. The summed E-state index contributed by atoms with van der Waals surface area (Å²) in [7, 11) is 0. The number of nitrogens with two attached hydrogens (primary N) is 1. The second-order valence-corrected chi connectivity index (χ2v) is 6.70. The Morgan fingerprint density at radius 3 is 3.17 bits per heavy atom. The molecule has 0 aliphatic carbocycles. The molecule has 1 aromatic rings. The van der Waals surface area contributed by atoms with Gasteiger partial charge in [-0.3, -0.25) is 9.80 Å². The Kier molecular flexibility index (Phi) is 3.71. The summed E-state index contributed by atoms with van der Waals surface area (Å²) in [6.07, 6.45) is 2.75. The monoisotopic (exact) mass is 265 g/mol. The van der Waals surface area contributed by atoms with Crippen LogP contribution in [0.3, 0.4) is 0 Å². The van der Waals surface area contributed by atoms with Crippen molar-refractivity contribution in [1.82, 2.24) is 9.80 Å². The van der Waals surface area contributed by atoms with E-state index in [1.54, 1.807) is 11.3 Å². The maximum absolute atomic E-state index is 6.32. The lowest BCUT2D eigenvalue weighted by Gasteiger charge is -2.43. The van der Waals surface area contributed by atoms with Crippen molar-refractivity contribution >= 4 is 11.3 Å². The van der Waals surface area contributed by atoms with Gasteiger partial charge in [0.25, 0.3) is 0 Å². The largest absolute Gasteiger partial charge is 0.322 e. The van der Waals surface area contributed by atoms with Gasteiger partial charge in [-0.15, -0.1) is 11.3 Å². The van der Waals surface area contributed by atoms with Crippen molar-refractivity contribution in [2.24, 2.45) is 5.73 Å². The van der Waals surface area contributed by atoms with E-state index in [0.717, 1.165) is 12.6 Å². The van der Waals surface area contributed by atoms with E-state index in [4.69, 9.17) is 5.73 Å². The maximum atomic E-state index is 6.32. The normalized spacial score (nSPS) is 31.4. The number of fused-ring (bicyclic) bond motifs is 1. The molecule has 2 N–H and O–H groups in total. The van der Waals surface area contributed by atoms with Crippen LogP contribution in [0.25, 0.3) is 0 Å². The molecule has 0 aromatic carbocycles. The van der Waals surface area contributed by atoms with Crippen molar-refractivity contribution in [3.8, 4) is 0 Å². The Hall–Kier alpha value is -0.420. The summed E-state index contributed by atoms with van der Waals surface area (Å²) < 4.78 is 0. The SMILES string of the molecule is CC1CN2CCCC2CN1CC(N)c1cccs1. The molecular formula is C14H23N3S. The summed E-state index contributed by atoms with van der Waals surface area (Å²) in [4.78, 5) is 6.57. The molecule has 0 saturated carbocycles. The fourth-order valence-electron chi connectivity index (χ4n) is 3.35. The number of hydrogen-bond acceptors (Lipinski definition) is 4. The van der Waals surface area contributed by atoms with Crippen LogP contribution in [0.1, 0.15) is 30.7 Å². The van der Waals surface area contributed by atoms with Crippen molar-refractivity contribution in [3.63, 3.8) is 0 Å². The highest BCUT2D eigenvalue weighted by atomic mass is 32.1. The van der Waals surface area contributed by atoms with Gasteiger partial charge in [0.1, 0.15) is 0 Å². The van der Waals surface area contributed by atoms with Crippen molar-refractivity contribution in [2.45, 2.75) is 37.9 Å². The second kappa shape index (κ2) is 5.29. The molecule has 0 bridgehead atoms. The molecule has 3 heterocycles. The van der Waals surface area contributed by atoms with E-state index in [2.05, 4.69) is 34.2 Å². The van der Waals surface area contributed by atoms with Gasteiger partial charge in [0.15, 0.2) is 0 Å². The van der Waals surface area contributed by atoms with Crippen LogP contribution < -0.4 is 5.73 Å². The van der Waals surface area contributed by atoms with E-state index in [1.807, 2.05) is 0 Å². The summed E-state index contributed by atoms with van der Waals surface area (Å²) in [5.74, 6) is 0. The zero-order valence-electron chi connectivity index (χ0n) is 11.1. The molecular weight excluding hydrogens is 242 g/mol. The van der Waals surface area contributed by atoms with E-state index in [0.29, 0.717) is 6.04 Å². The Morgan fingerprint density at radius 1 is 1.50 bits per heavy atom. The van der Waals surface area contributed by atoms with Gasteiger partial charge in [0, 0.05) is 36.6 Å². The lowest BCUT2D eigenvalue weighted by molar-refractivity contribution is 0.0555. The molecule has 2 saturated heterocycles. The zero-order valence-corrected chi connectivity index (χ0v) is 11.9. The maximum Gasteiger partial charge on any atom is 0.0519 e. The minimum absolute atomic E-state index is 0.181. The minimum atomic E-state index is 0.181. The van der Waals surface area contributed by atoms with Gasteiger partial charge in [-0.2, -0.15) is 0 Å². The van der Waals surface area contributed by atoms with Crippen LogP contribution in [0.4, 0.5) is 0 Å². The number of rotatable bonds is 3. The molecule has 2 fully saturated rings. The van der Waals surface area contributed by atoms with Gasteiger partial charge in [0.05, 0.1) is 6.04 Å². The van der Waals surface area contributed by atoms with E-state index in [1.165, 1.54) is 37.4 Å². The predicted octanol–water partition coefficient (Wildman–Crippen LogP) is 1.92. The van der Waals surface area contributed by atoms with Gasteiger partial charge in [0.2, 0.25) is 0 Å². The molecule has 0 spiro atoms. The molecule has 18 heavy (non-hydrogen) atoms. The number of hydrogen-bond donors (Lipinski definition) is 1. The third-order valence-electron chi connectivity index (χ3n) is 4.41. The third kappa shape index (κ3) is 2.48. The Morgan fingerprint density at radius 2 is 2.39 bits per heavy atom. The fourth-order valence-corrected chi connectivity index (χ4v) is 4.07. The number of nitrogens with zero attached hydrogens (tertiary/aromatic N) is 2. The Labute approximate surface area is 114 Å². The summed E-state index contributed by atoms with van der Waals surface area (Å²) >= 11 is 1.78. The molecule has 3 nitrogen and oxygen atoms in total. The number of thiophene rings is 1. The zero-order chi connectivity index (χ0) is 12.5. The fraction of sp³-hybridized carbons (Fsp3) is 0.714. The van der Waals surface area contributed by atoms with Crippen LogP contribution in [0.5, 0.6) is 0 Å². The molecule has 2 aliphatic rings. The molecule has 4 heteroatoms. The van der Waals surface area contributed by atoms with Gasteiger partial charge >= 0.3 is 0 Å². The average molecular weight is 265 g/mol. The van der Waals surface area contributed by atoms with E-state index in [9.17, 15) is 0 Å². The van der Waals surface area contributed by atoms with E-state index < -0.39 is 0 Å². The Bertz CT molecular complexity index is 378. The number of piperazine rings is 1. The van der Waals surface area contributed by atoms with Gasteiger partial charge in [-0.25, -0.2) is 0 Å². The first-order valence-electron chi connectivity index (χ1n) is 7.01. The van der Waals surface area contributed by atoms with Crippen LogP contribution >= 0.6 is 11.3 Å². The molecule has 3 unspecified atom stereocenters. The van der Waals surface area contributed by atoms with Crippen LogP contribution in [0, 0.1) is 0 Å². The first-order valence-corrected chi connectivity index (χ1v) is 7.89. The van der Waals surface area contributed by atoms with Crippen molar-refractivity contribution in [3.05, 3.63) is 22.4 Å². The molecule has 2 aliphatic heterocycles. The van der Waals surface area contributed by atoms with Crippen molar-refractivity contribution in [2.75, 3.05) is 26.2 Å². The van der Waals surface area contributed by atoms with Gasteiger partial charge in [-0.05, 0) is 37.8 Å². The topological polar surface area (TPSA) is 32.5 Å². The van der Waals surface area contributed by atoms with Gasteiger partial charge < -0.3 is 5.73 Å². The first kappa shape index (κ1) is 12.6. The highest BCUT2D eigenvalue weighted by molar-refractivity contribution is 7.10. The van der Waals surface area contributed by atoms with Crippen molar-refractivity contribution < 1.29 is 0 Å². The lowest BCUT2D eigenvalue weighted by atomic mass is 10.1. The van der Waals surface area contributed by atoms with Crippen LogP contribution in [-0.4, -0.2) is 48.1 Å². The third-order valence-corrected chi connectivity index (χ3v) is 5.41. The molecule has 100 valence electrons.